The molecular weight excluding hydrogens is 254 g/mol. The molecule has 0 fully saturated rings. The number of thiazole rings is 1. The molecule has 3 nitrogen and oxygen atoms in total. The average Bonchev–Trinajstić information content (AvgIpc) is 2.86. The van der Waals surface area contributed by atoms with E-state index in [0.29, 0.717) is 0 Å². The fourth-order valence-corrected chi connectivity index (χ4v) is 3.56. The van der Waals surface area contributed by atoms with Crippen molar-refractivity contribution in [1.29, 1.82) is 0 Å². The molecule has 0 saturated heterocycles. The largest absolute Gasteiger partial charge is 0.318 e. The minimum Gasteiger partial charge on any atom is -0.318 e. The molecule has 0 atom stereocenters. The Morgan fingerprint density at radius 3 is 3.16 bits per heavy atom. The van der Waals surface area contributed by atoms with Crippen molar-refractivity contribution in [1.82, 2.24) is 10.3 Å². The molecule has 2 heterocycles. The predicted molar refractivity (Wildman–Crippen MR) is 81.4 cm³/mol. The topological polar surface area (TPSA) is 28.2 Å². The van der Waals surface area contributed by atoms with Gasteiger partial charge in [0.25, 0.3) is 0 Å². The molecule has 2 aromatic rings. The Hall–Kier alpha value is -1.39. The lowest BCUT2D eigenvalue weighted by molar-refractivity contribution is 0.764. The maximum atomic E-state index is 4.58. The number of rotatable bonds is 3. The summed E-state index contributed by atoms with van der Waals surface area (Å²) < 4.78 is 0. The van der Waals surface area contributed by atoms with Gasteiger partial charge in [0, 0.05) is 29.9 Å². The molecule has 1 aromatic heterocycles. The highest BCUT2D eigenvalue weighted by molar-refractivity contribution is 7.15. The lowest BCUT2D eigenvalue weighted by atomic mass is 10.0. The first-order valence-electron chi connectivity index (χ1n) is 6.74. The Balaban J connectivity index is 1.94. The van der Waals surface area contributed by atoms with Crippen LogP contribution >= 0.6 is 11.3 Å². The summed E-state index contributed by atoms with van der Waals surface area (Å²) in [6, 6.07) is 6.74. The number of hydrogen-bond donors (Lipinski definition) is 1. The Kier molecular flexibility index (Phi) is 3.53. The monoisotopic (exact) mass is 273 g/mol. The van der Waals surface area contributed by atoms with Crippen LogP contribution in [0.3, 0.4) is 0 Å². The standard InChI is InChI=1S/C15H19N3S/c1-11-5-6-14-12(8-11)4-3-7-18(14)15-17-10-13(19-15)9-16-2/h5-6,8,10,16H,3-4,7,9H2,1-2H3. The third-order valence-corrected chi connectivity index (χ3v) is 4.50. The van der Waals surface area contributed by atoms with E-state index < -0.39 is 0 Å². The van der Waals surface area contributed by atoms with Crippen LogP contribution in [0.5, 0.6) is 0 Å². The van der Waals surface area contributed by atoms with E-state index in [2.05, 4.69) is 40.3 Å². The summed E-state index contributed by atoms with van der Waals surface area (Å²) in [5.74, 6) is 0. The number of aromatic nitrogens is 1. The second kappa shape index (κ2) is 5.31. The molecule has 0 radical (unpaired) electrons. The normalized spacial score (nSPS) is 14.5. The molecule has 0 spiro atoms. The van der Waals surface area contributed by atoms with Gasteiger partial charge in [-0.05, 0) is 38.4 Å². The molecule has 100 valence electrons. The summed E-state index contributed by atoms with van der Waals surface area (Å²) in [6.45, 7) is 4.13. The first-order chi connectivity index (χ1) is 9.28. The lowest BCUT2D eigenvalue weighted by Crippen LogP contribution is -2.24. The van der Waals surface area contributed by atoms with Gasteiger partial charge in [0.05, 0.1) is 0 Å². The Bertz CT molecular complexity index is 577. The van der Waals surface area contributed by atoms with Gasteiger partial charge in [0.15, 0.2) is 5.13 Å². The Morgan fingerprint density at radius 2 is 2.32 bits per heavy atom. The fourth-order valence-electron chi connectivity index (χ4n) is 2.60. The minimum absolute atomic E-state index is 0.895. The zero-order valence-electron chi connectivity index (χ0n) is 11.4. The lowest BCUT2D eigenvalue weighted by Gasteiger charge is -2.29. The summed E-state index contributed by atoms with van der Waals surface area (Å²) >= 11 is 1.78. The zero-order chi connectivity index (χ0) is 13.2. The smallest absolute Gasteiger partial charge is 0.190 e. The van der Waals surface area contributed by atoms with Gasteiger partial charge in [0.2, 0.25) is 0 Å². The summed E-state index contributed by atoms with van der Waals surface area (Å²) in [6.07, 6.45) is 4.37. The van der Waals surface area contributed by atoms with Crippen molar-refractivity contribution >= 4 is 22.2 Å². The van der Waals surface area contributed by atoms with Crippen molar-refractivity contribution in [3.63, 3.8) is 0 Å². The molecule has 0 bridgehead atoms. The van der Waals surface area contributed by atoms with E-state index >= 15 is 0 Å². The van der Waals surface area contributed by atoms with Gasteiger partial charge in [-0.15, -0.1) is 11.3 Å². The summed E-state index contributed by atoms with van der Waals surface area (Å²) in [5.41, 5.74) is 4.13. The molecule has 1 aliphatic heterocycles. The molecular formula is C15H19N3S. The second-order valence-corrected chi connectivity index (χ2v) is 6.12. The number of hydrogen-bond acceptors (Lipinski definition) is 4. The van der Waals surface area contributed by atoms with Crippen molar-refractivity contribution < 1.29 is 0 Å². The van der Waals surface area contributed by atoms with Crippen LogP contribution in [0.1, 0.15) is 22.4 Å². The van der Waals surface area contributed by atoms with Gasteiger partial charge in [-0.3, -0.25) is 0 Å². The first-order valence-corrected chi connectivity index (χ1v) is 7.56. The molecule has 4 heteroatoms. The van der Waals surface area contributed by atoms with Crippen LogP contribution in [-0.2, 0) is 13.0 Å². The number of anilines is 2. The van der Waals surface area contributed by atoms with E-state index in [9.17, 15) is 0 Å². The quantitative estimate of drug-likeness (QED) is 0.930. The highest BCUT2D eigenvalue weighted by Gasteiger charge is 2.20. The van der Waals surface area contributed by atoms with Crippen LogP contribution in [0.2, 0.25) is 0 Å². The van der Waals surface area contributed by atoms with Crippen molar-refractivity contribution in [2.75, 3.05) is 18.5 Å². The van der Waals surface area contributed by atoms with Crippen LogP contribution in [0.4, 0.5) is 10.8 Å². The maximum absolute atomic E-state index is 4.58. The third kappa shape index (κ3) is 2.51. The molecule has 0 saturated carbocycles. The van der Waals surface area contributed by atoms with E-state index in [1.807, 2.05) is 13.2 Å². The molecule has 1 aliphatic rings. The number of fused-ring (bicyclic) bond motifs is 1. The number of benzene rings is 1. The van der Waals surface area contributed by atoms with Crippen LogP contribution in [0.15, 0.2) is 24.4 Å². The third-order valence-electron chi connectivity index (χ3n) is 3.48. The molecule has 0 amide bonds. The molecule has 19 heavy (non-hydrogen) atoms. The van der Waals surface area contributed by atoms with Crippen LogP contribution < -0.4 is 10.2 Å². The molecule has 0 unspecified atom stereocenters. The first kappa shape index (κ1) is 12.6. The van der Waals surface area contributed by atoms with Crippen LogP contribution in [-0.4, -0.2) is 18.6 Å². The van der Waals surface area contributed by atoms with Gasteiger partial charge >= 0.3 is 0 Å². The zero-order valence-corrected chi connectivity index (χ0v) is 12.3. The van der Waals surface area contributed by atoms with Gasteiger partial charge < -0.3 is 10.2 Å². The predicted octanol–water partition coefficient (Wildman–Crippen LogP) is 3.26. The summed E-state index contributed by atoms with van der Waals surface area (Å²) in [5, 5.41) is 4.30. The number of aryl methyl sites for hydroxylation is 2. The van der Waals surface area contributed by atoms with Crippen molar-refractivity contribution in [2.45, 2.75) is 26.3 Å². The second-order valence-electron chi connectivity index (χ2n) is 5.03. The summed E-state index contributed by atoms with van der Waals surface area (Å²) in [4.78, 5) is 8.24. The molecule has 1 N–H and O–H groups in total. The van der Waals surface area contributed by atoms with E-state index in [1.54, 1.807) is 11.3 Å². The average molecular weight is 273 g/mol. The number of nitrogens with zero attached hydrogens (tertiary/aromatic N) is 2. The summed E-state index contributed by atoms with van der Waals surface area (Å²) in [7, 11) is 1.97. The van der Waals surface area contributed by atoms with Crippen LogP contribution in [0, 0.1) is 6.92 Å². The van der Waals surface area contributed by atoms with E-state index in [-0.39, 0.29) is 0 Å². The van der Waals surface area contributed by atoms with E-state index in [1.165, 1.54) is 34.5 Å². The SMILES string of the molecule is CNCc1cnc(N2CCCc3cc(C)ccc32)s1. The van der Waals surface area contributed by atoms with Gasteiger partial charge in [-0.1, -0.05) is 17.7 Å². The highest BCUT2D eigenvalue weighted by Crippen LogP contribution is 2.35. The Morgan fingerprint density at radius 1 is 1.42 bits per heavy atom. The van der Waals surface area contributed by atoms with E-state index in [0.717, 1.165) is 18.2 Å². The van der Waals surface area contributed by atoms with Gasteiger partial charge in [0.1, 0.15) is 0 Å². The van der Waals surface area contributed by atoms with E-state index in [4.69, 9.17) is 0 Å². The van der Waals surface area contributed by atoms with Crippen molar-refractivity contribution in [3.05, 3.63) is 40.4 Å². The fraction of sp³-hybridized carbons (Fsp3) is 0.400. The van der Waals surface area contributed by atoms with Gasteiger partial charge in [-0.2, -0.15) is 0 Å². The van der Waals surface area contributed by atoms with Crippen LogP contribution in [0.25, 0.3) is 0 Å². The van der Waals surface area contributed by atoms with Crippen molar-refractivity contribution in [2.24, 2.45) is 0 Å². The minimum atomic E-state index is 0.895. The molecule has 3 rings (SSSR count). The van der Waals surface area contributed by atoms with Crippen molar-refractivity contribution in [3.8, 4) is 0 Å². The van der Waals surface area contributed by atoms with Gasteiger partial charge in [-0.25, -0.2) is 4.98 Å². The molecule has 1 aromatic carbocycles. The highest BCUT2D eigenvalue weighted by atomic mass is 32.1. The molecule has 0 aliphatic carbocycles. The maximum Gasteiger partial charge on any atom is 0.190 e. The number of nitrogens with one attached hydrogen (secondary N) is 1. The Labute approximate surface area is 118 Å².